The lowest BCUT2D eigenvalue weighted by Crippen LogP contribution is -2.41. The average molecular weight is 443 g/mol. The predicted molar refractivity (Wildman–Crippen MR) is 118 cm³/mol. The molecule has 2 aromatic carbocycles. The molecular formula is C24H27F2N3O3. The molecule has 0 aliphatic carbocycles. The summed E-state index contributed by atoms with van der Waals surface area (Å²) in [6.07, 6.45) is 0.889. The Morgan fingerprint density at radius 3 is 2.00 bits per heavy atom. The van der Waals surface area contributed by atoms with Gasteiger partial charge in [-0.05, 0) is 49.2 Å². The number of carbonyl (C=O) groups excluding carboxylic acids is 3. The number of hydrogen-bond acceptors (Lipinski definition) is 3. The summed E-state index contributed by atoms with van der Waals surface area (Å²) in [6.45, 7) is 6.10. The fraction of sp³-hybridized carbons (Fsp3) is 0.375. The molecular weight excluding hydrogens is 416 g/mol. The van der Waals surface area contributed by atoms with Gasteiger partial charge in [0.15, 0.2) is 0 Å². The van der Waals surface area contributed by atoms with Crippen molar-refractivity contribution in [3.05, 3.63) is 59.7 Å². The van der Waals surface area contributed by atoms with Crippen molar-refractivity contribution in [1.82, 2.24) is 4.90 Å². The van der Waals surface area contributed by atoms with Crippen LogP contribution in [0.4, 0.5) is 20.2 Å². The van der Waals surface area contributed by atoms with Crippen LogP contribution in [0.5, 0.6) is 0 Å². The third-order valence-electron chi connectivity index (χ3n) is 5.41. The molecule has 3 amide bonds. The number of halogens is 2. The van der Waals surface area contributed by atoms with Crippen LogP contribution in [0.25, 0.3) is 0 Å². The van der Waals surface area contributed by atoms with Crippen molar-refractivity contribution in [2.45, 2.75) is 33.6 Å². The molecule has 0 bridgehead atoms. The number of nitrogens with zero attached hydrogens (tertiary/aromatic N) is 1. The van der Waals surface area contributed by atoms with Crippen molar-refractivity contribution in [1.29, 1.82) is 0 Å². The Hall–Kier alpha value is -3.29. The van der Waals surface area contributed by atoms with Crippen LogP contribution in [-0.2, 0) is 9.59 Å². The first-order chi connectivity index (χ1) is 15.0. The molecule has 0 unspecified atom stereocenters. The minimum atomic E-state index is -0.892. The zero-order chi connectivity index (χ0) is 23.5. The molecule has 0 radical (unpaired) electrons. The summed E-state index contributed by atoms with van der Waals surface area (Å²) in [6, 6.07) is 9.75. The summed E-state index contributed by atoms with van der Waals surface area (Å²) in [7, 11) is 0. The van der Waals surface area contributed by atoms with Gasteiger partial charge >= 0.3 is 0 Å². The van der Waals surface area contributed by atoms with Gasteiger partial charge in [-0.3, -0.25) is 14.4 Å². The van der Waals surface area contributed by atoms with Crippen LogP contribution in [-0.4, -0.2) is 35.7 Å². The smallest absolute Gasteiger partial charge is 0.256 e. The van der Waals surface area contributed by atoms with E-state index in [4.69, 9.17) is 0 Å². The zero-order valence-corrected chi connectivity index (χ0v) is 18.4. The van der Waals surface area contributed by atoms with Crippen LogP contribution in [0, 0.1) is 23.0 Å². The maximum absolute atomic E-state index is 13.9. The van der Waals surface area contributed by atoms with Gasteiger partial charge in [-0.25, -0.2) is 8.78 Å². The van der Waals surface area contributed by atoms with Crippen LogP contribution < -0.4 is 10.6 Å². The van der Waals surface area contributed by atoms with Gasteiger partial charge in [0.25, 0.3) is 5.91 Å². The highest BCUT2D eigenvalue weighted by Gasteiger charge is 2.29. The van der Waals surface area contributed by atoms with Crippen molar-refractivity contribution < 1.29 is 23.2 Å². The largest absolute Gasteiger partial charge is 0.339 e. The second-order valence-corrected chi connectivity index (χ2v) is 8.96. The molecule has 1 aliphatic heterocycles. The van der Waals surface area contributed by atoms with E-state index in [9.17, 15) is 23.2 Å². The highest BCUT2D eigenvalue weighted by atomic mass is 19.1. The van der Waals surface area contributed by atoms with Gasteiger partial charge in [-0.2, -0.15) is 0 Å². The van der Waals surface area contributed by atoms with Crippen LogP contribution in [0.2, 0.25) is 0 Å². The quantitative estimate of drug-likeness (QED) is 0.733. The molecule has 1 aliphatic rings. The van der Waals surface area contributed by atoms with E-state index >= 15 is 0 Å². The third kappa shape index (κ3) is 5.69. The number of nitrogens with one attached hydrogen (secondary N) is 2. The molecule has 2 N–H and O–H groups in total. The molecule has 1 fully saturated rings. The zero-order valence-electron chi connectivity index (χ0n) is 18.4. The molecule has 8 heteroatoms. The number of hydrogen-bond donors (Lipinski definition) is 2. The molecule has 1 saturated heterocycles. The number of likely N-dealkylation sites (tertiary alicyclic amines) is 1. The summed E-state index contributed by atoms with van der Waals surface area (Å²) in [5, 5.41) is 5.68. The lowest BCUT2D eigenvalue weighted by atomic mass is 9.95. The molecule has 0 spiro atoms. The molecule has 3 rings (SSSR count). The van der Waals surface area contributed by atoms with E-state index in [0.29, 0.717) is 43.4 Å². The number of piperidine rings is 1. The lowest BCUT2D eigenvalue weighted by molar-refractivity contribution is -0.123. The van der Waals surface area contributed by atoms with Gasteiger partial charge in [0.05, 0.1) is 5.56 Å². The predicted octanol–water partition coefficient (Wildman–Crippen LogP) is 4.44. The molecule has 170 valence electrons. The van der Waals surface area contributed by atoms with E-state index in [1.165, 1.54) is 4.90 Å². The number of amides is 3. The fourth-order valence-corrected chi connectivity index (χ4v) is 3.38. The van der Waals surface area contributed by atoms with Crippen LogP contribution in [0.3, 0.4) is 0 Å². The van der Waals surface area contributed by atoms with Crippen molar-refractivity contribution in [3.63, 3.8) is 0 Å². The molecule has 0 atom stereocenters. The van der Waals surface area contributed by atoms with Crippen LogP contribution in [0.1, 0.15) is 44.0 Å². The van der Waals surface area contributed by atoms with Crippen LogP contribution in [0.15, 0.2) is 42.5 Å². The van der Waals surface area contributed by atoms with Gasteiger partial charge in [0, 0.05) is 41.9 Å². The Balaban J connectivity index is 1.52. The molecule has 2 aromatic rings. The Morgan fingerprint density at radius 1 is 0.906 bits per heavy atom. The second-order valence-electron chi connectivity index (χ2n) is 8.96. The first kappa shape index (κ1) is 23.4. The first-order valence-corrected chi connectivity index (χ1v) is 10.5. The minimum Gasteiger partial charge on any atom is -0.339 e. The van der Waals surface area contributed by atoms with E-state index in [1.807, 2.05) is 20.8 Å². The number of rotatable bonds is 4. The summed E-state index contributed by atoms with van der Waals surface area (Å²) >= 11 is 0. The maximum atomic E-state index is 13.9. The topological polar surface area (TPSA) is 78.5 Å². The van der Waals surface area contributed by atoms with Crippen molar-refractivity contribution >= 4 is 29.1 Å². The van der Waals surface area contributed by atoms with Gasteiger partial charge in [0.2, 0.25) is 11.8 Å². The lowest BCUT2D eigenvalue weighted by Gasteiger charge is -2.31. The van der Waals surface area contributed by atoms with Crippen molar-refractivity contribution in [2.75, 3.05) is 23.7 Å². The van der Waals surface area contributed by atoms with Gasteiger partial charge in [-0.1, -0.05) is 20.8 Å². The van der Waals surface area contributed by atoms with Gasteiger partial charge in [0.1, 0.15) is 11.6 Å². The van der Waals surface area contributed by atoms with E-state index in [1.54, 1.807) is 24.3 Å². The molecule has 0 saturated carbocycles. The summed E-state index contributed by atoms with van der Waals surface area (Å²) in [4.78, 5) is 38.7. The fourth-order valence-electron chi connectivity index (χ4n) is 3.38. The van der Waals surface area contributed by atoms with Crippen molar-refractivity contribution in [3.8, 4) is 0 Å². The Kier molecular flexibility index (Phi) is 6.91. The first-order valence-electron chi connectivity index (χ1n) is 10.5. The molecule has 1 heterocycles. The minimum absolute atomic E-state index is 0.101. The maximum Gasteiger partial charge on any atom is 0.256 e. The monoisotopic (exact) mass is 443 g/mol. The third-order valence-corrected chi connectivity index (χ3v) is 5.41. The Bertz CT molecular complexity index is 1010. The number of carbonyl (C=O) groups is 3. The van der Waals surface area contributed by atoms with Crippen molar-refractivity contribution in [2.24, 2.45) is 11.3 Å². The van der Waals surface area contributed by atoms with E-state index < -0.39 is 23.0 Å². The SMILES string of the molecule is CC(C)(C)C(=O)Nc1ccc(NC(=O)C2CCN(C(=O)c3ccc(F)cc3F)CC2)cc1. The van der Waals surface area contributed by atoms with Gasteiger partial charge in [-0.15, -0.1) is 0 Å². The van der Waals surface area contributed by atoms with E-state index in [2.05, 4.69) is 10.6 Å². The molecule has 0 aromatic heterocycles. The molecule has 32 heavy (non-hydrogen) atoms. The Labute approximate surface area is 186 Å². The van der Waals surface area contributed by atoms with Gasteiger partial charge < -0.3 is 15.5 Å². The average Bonchev–Trinajstić information content (AvgIpc) is 2.74. The number of benzene rings is 2. The second kappa shape index (κ2) is 9.46. The summed E-state index contributed by atoms with van der Waals surface area (Å²) in [5.74, 6) is -2.67. The summed E-state index contributed by atoms with van der Waals surface area (Å²) < 4.78 is 27.0. The van der Waals surface area contributed by atoms with Crippen LogP contribution >= 0.6 is 0 Å². The van der Waals surface area contributed by atoms with E-state index in [-0.39, 0.29) is 23.3 Å². The number of anilines is 2. The standard InChI is InChI=1S/C24H27F2N3O3/c1-24(2,3)23(32)28-18-7-5-17(6-8-18)27-21(30)15-10-12-29(13-11-15)22(31)19-9-4-16(25)14-20(19)26/h4-9,14-15H,10-13H2,1-3H3,(H,27,30)(H,28,32). The molecule has 6 nitrogen and oxygen atoms in total. The highest BCUT2D eigenvalue weighted by molar-refractivity contribution is 5.96. The van der Waals surface area contributed by atoms with E-state index in [0.717, 1.165) is 12.1 Å². The highest BCUT2D eigenvalue weighted by Crippen LogP contribution is 2.23. The summed E-state index contributed by atoms with van der Waals surface area (Å²) in [5.41, 5.74) is 0.567. The normalized spacial score (nSPS) is 14.7. The Morgan fingerprint density at radius 2 is 1.47 bits per heavy atom.